The zero-order valence-corrected chi connectivity index (χ0v) is 10.2. The first kappa shape index (κ1) is 12.8. The molecule has 1 aliphatic rings. The molecule has 3 N–H and O–H groups in total. The Hall–Kier alpha value is -1.67. The van der Waals surface area contributed by atoms with Crippen LogP contribution in [0.15, 0.2) is 0 Å². The predicted molar refractivity (Wildman–Crippen MR) is 65.6 cm³/mol. The van der Waals surface area contributed by atoms with Crippen LogP contribution in [0.1, 0.15) is 12.8 Å². The second-order valence-corrected chi connectivity index (χ2v) is 4.19. The number of halogens is 1. The van der Waals surface area contributed by atoms with E-state index in [0.717, 1.165) is 12.8 Å². The van der Waals surface area contributed by atoms with Crippen molar-refractivity contribution in [1.82, 2.24) is 9.97 Å². The molecule has 8 nitrogen and oxygen atoms in total. The first-order valence-electron chi connectivity index (χ1n) is 5.41. The molecular formula is C9H12ClN5O3. The Labute approximate surface area is 108 Å². The number of hydrogen-bond acceptors (Lipinski definition) is 7. The topological polar surface area (TPSA) is 116 Å². The molecule has 0 amide bonds. The number of aromatic nitrogens is 2. The monoisotopic (exact) mass is 273 g/mol. The minimum Gasteiger partial charge on any atom is -0.378 e. The molecule has 1 fully saturated rings. The van der Waals surface area contributed by atoms with Crippen molar-refractivity contribution in [3.05, 3.63) is 15.4 Å². The zero-order valence-electron chi connectivity index (χ0n) is 9.43. The van der Waals surface area contributed by atoms with E-state index in [1.165, 1.54) is 0 Å². The molecule has 18 heavy (non-hydrogen) atoms. The number of anilines is 2. The molecule has 0 spiro atoms. The number of nitrogens with zero attached hydrogens (tertiary/aromatic N) is 3. The number of nitrogens with one attached hydrogen (secondary N) is 1. The summed E-state index contributed by atoms with van der Waals surface area (Å²) in [6, 6.07) is 0. The van der Waals surface area contributed by atoms with Gasteiger partial charge in [-0.3, -0.25) is 10.1 Å². The third kappa shape index (κ3) is 2.77. The van der Waals surface area contributed by atoms with Crippen molar-refractivity contribution in [2.75, 3.05) is 24.2 Å². The minimum atomic E-state index is -0.635. The van der Waals surface area contributed by atoms with Gasteiger partial charge in [0.2, 0.25) is 16.9 Å². The van der Waals surface area contributed by atoms with Crippen LogP contribution < -0.4 is 11.1 Å². The third-order valence-electron chi connectivity index (χ3n) is 2.59. The van der Waals surface area contributed by atoms with E-state index in [0.29, 0.717) is 13.2 Å². The molecule has 1 unspecified atom stereocenters. The van der Waals surface area contributed by atoms with Crippen molar-refractivity contribution in [3.63, 3.8) is 0 Å². The van der Waals surface area contributed by atoms with Crippen LogP contribution in [0, 0.1) is 10.1 Å². The quantitative estimate of drug-likeness (QED) is 0.481. The highest BCUT2D eigenvalue weighted by molar-refractivity contribution is 6.28. The third-order valence-corrected chi connectivity index (χ3v) is 2.76. The van der Waals surface area contributed by atoms with Gasteiger partial charge in [-0.1, -0.05) is 0 Å². The van der Waals surface area contributed by atoms with Crippen molar-refractivity contribution < 1.29 is 9.66 Å². The lowest BCUT2D eigenvalue weighted by Gasteiger charge is -2.11. The lowest BCUT2D eigenvalue weighted by Crippen LogP contribution is -2.20. The van der Waals surface area contributed by atoms with Gasteiger partial charge in [0.15, 0.2) is 0 Å². The van der Waals surface area contributed by atoms with E-state index in [9.17, 15) is 10.1 Å². The predicted octanol–water partition coefficient (Wildman–Crippen LogP) is 1.21. The number of nitrogen functional groups attached to an aromatic ring is 1. The summed E-state index contributed by atoms with van der Waals surface area (Å²) < 4.78 is 5.40. The van der Waals surface area contributed by atoms with Crippen molar-refractivity contribution in [1.29, 1.82) is 0 Å². The van der Waals surface area contributed by atoms with Gasteiger partial charge < -0.3 is 15.8 Å². The Morgan fingerprint density at radius 3 is 3.00 bits per heavy atom. The fourth-order valence-corrected chi connectivity index (χ4v) is 1.94. The molecule has 1 saturated heterocycles. The average molecular weight is 274 g/mol. The molecule has 0 radical (unpaired) electrons. The van der Waals surface area contributed by atoms with E-state index in [2.05, 4.69) is 15.3 Å². The van der Waals surface area contributed by atoms with Gasteiger partial charge in [0.1, 0.15) is 0 Å². The number of nitrogens with two attached hydrogens (primary N) is 1. The summed E-state index contributed by atoms with van der Waals surface area (Å²) in [6.45, 7) is 1.13. The van der Waals surface area contributed by atoms with E-state index < -0.39 is 4.92 Å². The normalized spacial score (nSPS) is 18.8. The SMILES string of the molecule is Nc1nc(Cl)nc(NCC2CCCO2)c1[N+](=O)[O-]. The van der Waals surface area contributed by atoms with Crippen LogP contribution in [0.2, 0.25) is 5.28 Å². The number of hydrogen-bond donors (Lipinski definition) is 2. The van der Waals surface area contributed by atoms with Crippen LogP contribution in [0.4, 0.5) is 17.3 Å². The van der Waals surface area contributed by atoms with E-state index >= 15 is 0 Å². The van der Waals surface area contributed by atoms with Crippen LogP contribution in [0.5, 0.6) is 0 Å². The maximum atomic E-state index is 10.9. The molecule has 0 aromatic carbocycles. The summed E-state index contributed by atoms with van der Waals surface area (Å²) in [5.41, 5.74) is 5.09. The Bertz CT molecular complexity index is 464. The first-order chi connectivity index (χ1) is 8.58. The maximum absolute atomic E-state index is 10.9. The average Bonchev–Trinajstić information content (AvgIpc) is 2.77. The summed E-state index contributed by atoms with van der Waals surface area (Å²) in [5, 5.41) is 13.6. The van der Waals surface area contributed by atoms with Crippen molar-refractivity contribution in [2.45, 2.75) is 18.9 Å². The molecule has 1 aromatic rings. The summed E-state index contributed by atoms with van der Waals surface area (Å²) in [5.74, 6) is -0.233. The molecule has 98 valence electrons. The lowest BCUT2D eigenvalue weighted by molar-refractivity contribution is -0.383. The van der Waals surface area contributed by atoms with Crippen LogP contribution in [0.3, 0.4) is 0 Å². The molecule has 1 atom stereocenters. The van der Waals surface area contributed by atoms with E-state index in [4.69, 9.17) is 22.1 Å². The molecule has 2 rings (SSSR count). The van der Waals surface area contributed by atoms with Crippen LogP contribution in [-0.4, -0.2) is 34.1 Å². The molecule has 1 aromatic heterocycles. The molecule has 0 aliphatic carbocycles. The molecular weight excluding hydrogens is 262 g/mol. The van der Waals surface area contributed by atoms with Crippen molar-refractivity contribution in [2.24, 2.45) is 0 Å². The highest BCUT2D eigenvalue weighted by Gasteiger charge is 2.24. The van der Waals surface area contributed by atoms with E-state index in [1.807, 2.05) is 0 Å². The van der Waals surface area contributed by atoms with Gasteiger partial charge in [0.25, 0.3) is 0 Å². The molecule has 9 heteroatoms. The fourth-order valence-electron chi connectivity index (χ4n) is 1.76. The number of nitro groups is 1. The Morgan fingerprint density at radius 1 is 1.61 bits per heavy atom. The van der Waals surface area contributed by atoms with Crippen LogP contribution in [0.25, 0.3) is 0 Å². The largest absolute Gasteiger partial charge is 0.378 e. The molecule has 1 aliphatic heterocycles. The fraction of sp³-hybridized carbons (Fsp3) is 0.556. The number of rotatable bonds is 4. The van der Waals surface area contributed by atoms with Crippen molar-refractivity contribution in [3.8, 4) is 0 Å². The second kappa shape index (κ2) is 5.32. The second-order valence-electron chi connectivity index (χ2n) is 3.85. The van der Waals surface area contributed by atoms with Gasteiger partial charge in [-0.15, -0.1) is 0 Å². The maximum Gasteiger partial charge on any atom is 0.353 e. The lowest BCUT2D eigenvalue weighted by atomic mass is 10.2. The Balaban J connectivity index is 2.16. The van der Waals surface area contributed by atoms with Crippen LogP contribution >= 0.6 is 11.6 Å². The van der Waals surface area contributed by atoms with Gasteiger partial charge in [-0.05, 0) is 24.4 Å². The summed E-state index contributed by atoms with van der Waals surface area (Å²) >= 11 is 5.63. The van der Waals surface area contributed by atoms with Gasteiger partial charge in [-0.25, -0.2) is 0 Å². The van der Waals surface area contributed by atoms with Gasteiger partial charge in [-0.2, -0.15) is 9.97 Å². The Morgan fingerprint density at radius 2 is 2.39 bits per heavy atom. The van der Waals surface area contributed by atoms with E-state index in [-0.39, 0.29) is 28.7 Å². The summed E-state index contributed by atoms with van der Waals surface area (Å²) in [4.78, 5) is 17.6. The highest BCUT2D eigenvalue weighted by atomic mass is 35.5. The van der Waals surface area contributed by atoms with Gasteiger partial charge >= 0.3 is 5.69 Å². The van der Waals surface area contributed by atoms with Crippen LogP contribution in [-0.2, 0) is 4.74 Å². The van der Waals surface area contributed by atoms with Crippen molar-refractivity contribution >= 4 is 28.9 Å². The number of ether oxygens (including phenoxy) is 1. The summed E-state index contributed by atoms with van der Waals surface area (Å²) in [6.07, 6.45) is 1.93. The standard InChI is InChI=1S/C9H12ClN5O3/c10-9-13-7(11)6(15(16)17)8(14-9)12-4-5-2-1-3-18-5/h5H,1-4H2,(H3,11,12,13,14). The Kier molecular flexibility index (Phi) is 3.78. The zero-order chi connectivity index (χ0) is 13.1. The first-order valence-corrected chi connectivity index (χ1v) is 5.78. The van der Waals surface area contributed by atoms with Gasteiger partial charge in [0, 0.05) is 13.2 Å². The highest BCUT2D eigenvalue weighted by Crippen LogP contribution is 2.29. The van der Waals surface area contributed by atoms with Gasteiger partial charge in [0.05, 0.1) is 11.0 Å². The molecule has 0 bridgehead atoms. The molecule has 2 heterocycles. The molecule has 0 saturated carbocycles. The smallest absolute Gasteiger partial charge is 0.353 e. The summed E-state index contributed by atoms with van der Waals surface area (Å²) in [7, 11) is 0. The van der Waals surface area contributed by atoms with E-state index in [1.54, 1.807) is 0 Å². The minimum absolute atomic E-state index is 0.0213.